The van der Waals surface area contributed by atoms with Crippen LogP contribution in [0.15, 0.2) is 30.3 Å². The van der Waals surface area contributed by atoms with Crippen LogP contribution < -0.4 is 5.43 Å². The van der Waals surface area contributed by atoms with E-state index >= 15 is 0 Å². The Bertz CT molecular complexity index is 340. The minimum absolute atomic E-state index is 0.183. The van der Waals surface area contributed by atoms with Crippen LogP contribution in [-0.4, -0.2) is 22.8 Å². The average molecular weight is 206 g/mol. The maximum Gasteiger partial charge on any atom is 0.419 e. The first-order chi connectivity index (χ1) is 7.27. The van der Waals surface area contributed by atoms with Crippen molar-refractivity contribution in [3.63, 3.8) is 0 Å². The molecule has 4 nitrogen and oxygen atoms in total. The van der Waals surface area contributed by atoms with E-state index in [1.54, 1.807) is 5.01 Å². The summed E-state index contributed by atoms with van der Waals surface area (Å²) in [6.45, 7) is 0.784. The van der Waals surface area contributed by atoms with Crippen LogP contribution >= 0.6 is 0 Å². The molecule has 0 aliphatic carbocycles. The molecule has 1 amide bonds. The monoisotopic (exact) mass is 206 g/mol. The number of hydrogen-bond acceptors (Lipinski definition) is 2. The van der Waals surface area contributed by atoms with E-state index in [-0.39, 0.29) is 6.04 Å². The highest BCUT2D eigenvalue weighted by Gasteiger charge is 2.26. The van der Waals surface area contributed by atoms with E-state index in [1.807, 2.05) is 30.3 Å². The van der Waals surface area contributed by atoms with Crippen molar-refractivity contribution >= 4 is 6.09 Å². The van der Waals surface area contributed by atoms with Gasteiger partial charge in [0.25, 0.3) is 0 Å². The first-order valence-corrected chi connectivity index (χ1v) is 5.08. The third kappa shape index (κ3) is 2.27. The first kappa shape index (κ1) is 9.98. The minimum atomic E-state index is -0.988. The second-order valence-electron chi connectivity index (χ2n) is 3.68. The van der Waals surface area contributed by atoms with Gasteiger partial charge in [-0.15, -0.1) is 0 Å². The molecule has 0 radical (unpaired) electrons. The Morgan fingerprint density at radius 3 is 2.80 bits per heavy atom. The fraction of sp³-hybridized carbons (Fsp3) is 0.364. The number of amides is 1. The summed E-state index contributed by atoms with van der Waals surface area (Å²) in [4.78, 5) is 10.6. The summed E-state index contributed by atoms with van der Waals surface area (Å²) in [6.07, 6.45) is 1.04. The largest absolute Gasteiger partial charge is 0.464 e. The van der Waals surface area contributed by atoms with Gasteiger partial charge in [0, 0.05) is 6.54 Å². The summed E-state index contributed by atoms with van der Waals surface area (Å²) in [5.74, 6) is 0. The van der Waals surface area contributed by atoms with Gasteiger partial charge >= 0.3 is 6.09 Å². The molecule has 1 unspecified atom stereocenters. The maximum atomic E-state index is 10.6. The Hall–Kier alpha value is -1.55. The van der Waals surface area contributed by atoms with Crippen molar-refractivity contribution < 1.29 is 9.90 Å². The molecule has 1 saturated heterocycles. The van der Waals surface area contributed by atoms with Crippen molar-refractivity contribution in [1.82, 2.24) is 10.4 Å². The summed E-state index contributed by atoms with van der Waals surface area (Å²) in [6, 6.07) is 10.2. The van der Waals surface area contributed by atoms with Crippen molar-refractivity contribution in [2.24, 2.45) is 0 Å². The average Bonchev–Trinajstić information content (AvgIpc) is 2.66. The summed E-state index contributed by atoms with van der Waals surface area (Å²) in [5, 5.41) is 10.5. The predicted molar refractivity (Wildman–Crippen MR) is 56.3 cm³/mol. The van der Waals surface area contributed by atoms with Crippen LogP contribution in [0.3, 0.4) is 0 Å². The van der Waals surface area contributed by atoms with Crippen LogP contribution in [0.25, 0.3) is 0 Å². The molecule has 0 spiro atoms. The number of carbonyl (C=O) groups is 1. The standard InChI is InChI=1S/C11H14N2O2/c14-11(15)12-13-8-4-7-10(13)9-5-2-1-3-6-9/h1-3,5-6,10,12H,4,7-8H2,(H,14,15). The Balaban J connectivity index is 2.11. The lowest BCUT2D eigenvalue weighted by atomic mass is 10.1. The molecule has 2 N–H and O–H groups in total. The van der Waals surface area contributed by atoms with Gasteiger partial charge in [-0.05, 0) is 18.4 Å². The van der Waals surface area contributed by atoms with E-state index in [9.17, 15) is 4.79 Å². The SMILES string of the molecule is O=C(O)NN1CCCC1c1ccccc1. The van der Waals surface area contributed by atoms with Gasteiger partial charge in [-0.1, -0.05) is 30.3 Å². The molecule has 0 bridgehead atoms. The topological polar surface area (TPSA) is 52.6 Å². The number of benzene rings is 1. The van der Waals surface area contributed by atoms with Gasteiger partial charge in [0.1, 0.15) is 0 Å². The van der Waals surface area contributed by atoms with Crippen molar-refractivity contribution in [1.29, 1.82) is 0 Å². The second-order valence-corrected chi connectivity index (χ2v) is 3.68. The molecular formula is C11H14N2O2. The second kappa shape index (κ2) is 4.31. The molecule has 1 atom stereocenters. The van der Waals surface area contributed by atoms with Crippen LogP contribution in [0.2, 0.25) is 0 Å². The quantitative estimate of drug-likeness (QED) is 0.778. The van der Waals surface area contributed by atoms with Gasteiger partial charge in [-0.3, -0.25) is 5.43 Å². The third-order valence-corrected chi connectivity index (χ3v) is 2.68. The van der Waals surface area contributed by atoms with E-state index in [2.05, 4.69) is 5.43 Å². The lowest BCUT2D eigenvalue weighted by Crippen LogP contribution is -2.40. The van der Waals surface area contributed by atoms with Gasteiger partial charge in [0.05, 0.1) is 6.04 Å². The van der Waals surface area contributed by atoms with Crippen LogP contribution in [-0.2, 0) is 0 Å². The smallest absolute Gasteiger partial charge is 0.419 e. The molecule has 1 heterocycles. The molecular weight excluding hydrogens is 192 g/mol. The molecule has 1 fully saturated rings. The van der Waals surface area contributed by atoms with Crippen LogP contribution in [0.5, 0.6) is 0 Å². The molecule has 2 rings (SSSR count). The molecule has 0 saturated carbocycles. The third-order valence-electron chi connectivity index (χ3n) is 2.68. The number of hydrogen-bond donors (Lipinski definition) is 2. The van der Waals surface area contributed by atoms with Crippen molar-refractivity contribution in [2.45, 2.75) is 18.9 Å². The number of nitrogens with one attached hydrogen (secondary N) is 1. The highest BCUT2D eigenvalue weighted by Crippen LogP contribution is 2.29. The van der Waals surface area contributed by atoms with E-state index in [0.717, 1.165) is 19.4 Å². The first-order valence-electron chi connectivity index (χ1n) is 5.08. The van der Waals surface area contributed by atoms with Crippen molar-refractivity contribution in [3.05, 3.63) is 35.9 Å². The van der Waals surface area contributed by atoms with Gasteiger partial charge in [0.15, 0.2) is 0 Å². The Labute approximate surface area is 88.5 Å². The van der Waals surface area contributed by atoms with E-state index < -0.39 is 6.09 Å². The predicted octanol–water partition coefficient (Wildman–Crippen LogP) is 2.01. The van der Waals surface area contributed by atoms with E-state index in [4.69, 9.17) is 5.11 Å². The highest BCUT2D eigenvalue weighted by atomic mass is 16.4. The van der Waals surface area contributed by atoms with Crippen molar-refractivity contribution in [3.8, 4) is 0 Å². The molecule has 15 heavy (non-hydrogen) atoms. The fourth-order valence-electron chi connectivity index (χ4n) is 2.05. The van der Waals surface area contributed by atoms with Crippen LogP contribution in [0.1, 0.15) is 24.4 Å². The molecule has 1 aliphatic rings. The lowest BCUT2D eigenvalue weighted by Gasteiger charge is -2.23. The van der Waals surface area contributed by atoms with Gasteiger partial charge in [-0.25, -0.2) is 9.80 Å². The molecule has 1 aromatic carbocycles. The molecule has 4 heteroatoms. The zero-order valence-corrected chi connectivity index (χ0v) is 8.39. The lowest BCUT2D eigenvalue weighted by molar-refractivity contribution is 0.131. The van der Waals surface area contributed by atoms with E-state index in [1.165, 1.54) is 5.56 Å². The zero-order valence-electron chi connectivity index (χ0n) is 8.39. The number of hydrazine groups is 1. The Morgan fingerprint density at radius 1 is 1.40 bits per heavy atom. The number of nitrogens with zero attached hydrogens (tertiary/aromatic N) is 1. The molecule has 80 valence electrons. The van der Waals surface area contributed by atoms with Gasteiger partial charge in [0.2, 0.25) is 0 Å². The fourth-order valence-corrected chi connectivity index (χ4v) is 2.05. The minimum Gasteiger partial charge on any atom is -0.464 e. The van der Waals surface area contributed by atoms with Gasteiger partial charge < -0.3 is 5.11 Å². The number of carboxylic acid groups (broad SMARTS) is 1. The molecule has 0 aromatic heterocycles. The summed E-state index contributed by atoms with van der Waals surface area (Å²) >= 11 is 0. The summed E-state index contributed by atoms with van der Waals surface area (Å²) in [7, 11) is 0. The highest BCUT2D eigenvalue weighted by molar-refractivity contribution is 5.63. The molecule has 1 aliphatic heterocycles. The zero-order chi connectivity index (χ0) is 10.7. The van der Waals surface area contributed by atoms with E-state index in [0.29, 0.717) is 0 Å². The van der Waals surface area contributed by atoms with Gasteiger partial charge in [-0.2, -0.15) is 0 Å². The Morgan fingerprint density at radius 2 is 2.13 bits per heavy atom. The summed E-state index contributed by atoms with van der Waals surface area (Å²) < 4.78 is 0. The Kier molecular flexibility index (Phi) is 2.87. The normalized spacial score (nSPS) is 21.5. The number of rotatable bonds is 2. The van der Waals surface area contributed by atoms with Crippen LogP contribution in [0, 0.1) is 0 Å². The van der Waals surface area contributed by atoms with Crippen LogP contribution in [0.4, 0.5) is 4.79 Å². The summed E-state index contributed by atoms with van der Waals surface area (Å²) in [5.41, 5.74) is 3.61. The van der Waals surface area contributed by atoms with Crippen molar-refractivity contribution in [2.75, 3.05) is 6.54 Å². The molecule has 1 aromatic rings. The maximum absolute atomic E-state index is 10.6.